The molecule has 0 bridgehead atoms. The van der Waals surface area contributed by atoms with E-state index in [1.165, 1.54) is 5.56 Å². The summed E-state index contributed by atoms with van der Waals surface area (Å²) in [6.07, 6.45) is 0.547. The lowest BCUT2D eigenvalue weighted by molar-refractivity contribution is -0.0190. The summed E-state index contributed by atoms with van der Waals surface area (Å²) in [5.41, 5.74) is 4.35. The SMILES string of the molecule is CCOc1ccc([C@H]2Oc3ccccc3[C@@H]3CC(c4ccc(Cl)cc4)=NN23)cc1. The van der Waals surface area contributed by atoms with Crippen molar-refractivity contribution in [2.75, 3.05) is 6.61 Å². The Bertz CT molecular complexity index is 1050. The van der Waals surface area contributed by atoms with E-state index >= 15 is 0 Å². The third-order valence-electron chi connectivity index (χ3n) is 5.35. The lowest BCUT2D eigenvalue weighted by Gasteiger charge is -2.38. The second-order valence-electron chi connectivity index (χ2n) is 7.16. The molecule has 4 nitrogen and oxygen atoms in total. The Labute approximate surface area is 175 Å². The Hall–Kier alpha value is -2.98. The molecule has 146 valence electrons. The van der Waals surface area contributed by atoms with Crippen LogP contribution in [0.15, 0.2) is 77.9 Å². The highest BCUT2D eigenvalue weighted by Crippen LogP contribution is 2.47. The summed E-state index contributed by atoms with van der Waals surface area (Å²) in [4.78, 5) is 0. The molecule has 0 fully saturated rings. The van der Waals surface area contributed by atoms with Crippen molar-refractivity contribution in [2.24, 2.45) is 5.10 Å². The number of hydrazone groups is 1. The van der Waals surface area contributed by atoms with Crippen LogP contribution in [0.5, 0.6) is 11.5 Å². The topological polar surface area (TPSA) is 34.1 Å². The molecule has 5 heteroatoms. The number of rotatable bonds is 4. The number of fused-ring (bicyclic) bond motifs is 3. The number of halogens is 1. The van der Waals surface area contributed by atoms with Crippen LogP contribution >= 0.6 is 11.6 Å². The highest BCUT2D eigenvalue weighted by atomic mass is 35.5. The molecular weight excluding hydrogens is 384 g/mol. The van der Waals surface area contributed by atoms with Crippen LogP contribution in [-0.4, -0.2) is 17.3 Å². The predicted octanol–water partition coefficient (Wildman–Crippen LogP) is 5.98. The van der Waals surface area contributed by atoms with Crippen LogP contribution in [0, 0.1) is 0 Å². The molecular formula is C24H21ClN2O2. The van der Waals surface area contributed by atoms with Gasteiger partial charge >= 0.3 is 0 Å². The number of ether oxygens (including phenoxy) is 2. The van der Waals surface area contributed by atoms with Crippen molar-refractivity contribution >= 4 is 17.3 Å². The molecule has 0 radical (unpaired) electrons. The minimum Gasteiger partial charge on any atom is -0.494 e. The molecule has 0 amide bonds. The van der Waals surface area contributed by atoms with Gasteiger partial charge in [-0.2, -0.15) is 5.10 Å². The third-order valence-corrected chi connectivity index (χ3v) is 5.60. The Morgan fingerprint density at radius 1 is 1.03 bits per heavy atom. The molecule has 2 heterocycles. The summed E-state index contributed by atoms with van der Waals surface area (Å²) in [6.45, 7) is 2.63. The quantitative estimate of drug-likeness (QED) is 0.536. The van der Waals surface area contributed by atoms with Gasteiger partial charge < -0.3 is 9.47 Å². The average Bonchev–Trinajstić information content (AvgIpc) is 3.20. The Morgan fingerprint density at radius 3 is 2.55 bits per heavy atom. The van der Waals surface area contributed by atoms with Gasteiger partial charge in [0.1, 0.15) is 11.5 Å². The zero-order valence-electron chi connectivity index (χ0n) is 16.1. The summed E-state index contributed by atoms with van der Waals surface area (Å²) in [6, 6.07) is 24.3. The predicted molar refractivity (Wildman–Crippen MR) is 115 cm³/mol. The Morgan fingerprint density at radius 2 is 1.79 bits per heavy atom. The maximum atomic E-state index is 6.39. The fourth-order valence-electron chi connectivity index (χ4n) is 3.97. The first-order valence-electron chi connectivity index (χ1n) is 9.83. The van der Waals surface area contributed by atoms with Gasteiger partial charge in [0.2, 0.25) is 6.23 Å². The van der Waals surface area contributed by atoms with E-state index in [0.717, 1.165) is 39.8 Å². The molecule has 29 heavy (non-hydrogen) atoms. The number of para-hydroxylation sites is 1. The molecule has 2 aliphatic rings. The van der Waals surface area contributed by atoms with Gasteiger partial charge in [0.25, 0.3) is 0 Å². The van der Waals surface area contributed by atoms with E-state index in [-0.39, 0.29) is 12.3 Å². The van der Waals surface area contributed by atoms with E-state index in [2.05, 4.69) is 29.3 Å². The van der Waals surface area contributed by atoms with Crippen LogP contribution < -0.4 is 9.47 Å². The maximum Gasteiger partial charge on any atom is 0.213 e. The third kappa shape index (κ3) is 3.34. The minimum absolute atomic E-state index is 0.141. The van der Waals surface area contributed by atoms with Crippen LogP contribution in [-0.2, 0) is 0 Å². The molecule has 3 aromatic rings. The van der Waals surface area contributed by atoms with Gasteiger partial charge in [-0.05, 0) is 55.0 Å². The van der Waals surface area contributed by atoms with E-state index < -0.39 is 0 Å². The molecule has 0 saturated heterocycles. The van der Waals surface area contributed by atoms with E-state index in [4.69, 9.17) is 26.2 Å². The second-order valence-corrected chi connectivity index (χ2v) is 7.60. The molecule has 0 N–H and O–H groups in total. The molecule has 0 saturated carbocycles. The second kappa shape index (κ2) is 7.45. The summed E-state index contributed by atoms with van der Waals surface area (Å²) < 4.78 is 12.0. The summed E-state index contributed by atoms with van der Waals surface area (Å²) in [5, 5.41) is 7.79. The van der Waals surface area contributed by atoms with Crippen molar-refractivity contribution < 1.29 is 9.47 Å². The van der Waals surface area contributed by atoms with E-state index in [1.807, 2.05) is 55.5 Å². The van der Waals surface area contributed by atoms with Gasteiger partial charge in [-0.3, -0.25) is 0 Å². The monoisotopic (exact) mass is 404 g/mol. The summed E-state index contributed by atoms with van der Waals surface area (Å²) >= 11 is 6.07. The van der Waals surface area contributed by atoms with Crippen molar-refractivity contribution in [2.45, 2.75) is 25.6 Å². The first kappa shape index (κ1) is 18.1. The van der Waals surface area contributed by atoms with Crippen molar-refractivity contribution in [3.63, 3.8) is 0 Å². The normalized spacial score (nSPS) is 19.8. The average molecular weight is 405 g/mol. The standard InChI is InChI=1S/C24H21ClN2O2/c1-2-28-19-13-9-17(10-14-19)24-27-22(20-5-3-4-6-23(20)29-24)15-21(26-27)16-7-11-18(25)12-8-16/h3-14,22,24H,2,15H2,1H3/t22-,24+/m0/s1. The zero-order chi connectivity index (χ0) is 19.8. The number of nitrogens with zero attached hydrogens (tertiary/aromatic N) is 2. The fourth-order valence-corrected chi connectivity index (χ4v) is 4.09. The highest BCUT2D eigenvalue weighted by Gasteiger charge is 2.40. The zero-order valence-corrected chi connectivity index (χ0v) is 16.8. The van der Waals surface area contributed by atoms with Gasteiger partial charge in [0, 0.05) is 22.6 Å². The molecule has 2 atom stereocenters. The van der Waals surface area contributed by atoms with Crippen LogP contribution in [0.25, 0.3) is 0 Å². The molecule has 0 unspecified atom stereocenters. The van der Waals surface area contributed by atoms with E-state index in [9.17, 15) is 0 Å². The smallest absolute Gasteiger partial charge is 0.213 e. The van der Waals surface area contributed by atoms with Crippen molar-refractivity contribution in [1.82, 2.24) is 5.01 Å². The van der Waals surface area contributed by atoms with Gasteiger partial charge in [-0.1, -0.05) is 41.9 Å². The largest absolute Gasteiger partial charge is 0.494 e. The van der Waals surface area contributed by atoms with Gasteiger partial charge in [0.05, 0.1) is 18.4 Å². The van der Waals surface area contributed by atoms with Crippen molar-refractivity contribution in [1.29, 1.82) is 0 Å². The number of hydrogen-bond acceptors (Lipinski definition) is 4. The van der Waals surface area contributed by atoms with Crippen LogP contribution in [0.1, 0.15) is 42.3 Å². The lowest BCUT2D eigenvalue weighted by atomic mass is 9.96. The van der Waals surface area contributed by atoms with Crippen molar-refractivity contribution in [3.05, 3.63) is 94.5 Å². The molecule has 3 aromatic carbocycles. The fraction of sp³-hybridized carbons (Fsp3) is 0.208. The van der Waals surface area contributed by atoms with E-state index in [0.29, 0.717) is 6.61 Å². The number of hydrogen-bond donors (Lipinski definition) is 0. The van der Waals surface area contributed by atoms with Gasteiger partial charge in [-0.15, -0.1) is 0 Å². The van der Waals surface area contributed by atoms with Crippen LogP contribution in [0.3, 0.4) is 0 Å². The van der Waals surface area contributed by atoms with Crippen LogP contribution in [0.2, 0.25) is 5.02 Å². The minimum atomic E-state index is -0.282. The molecule has 0 aliphatic carbocycles. The Kier molecular flexibility index (Phi) is 4.64. The van der Waals surface area contributed by atoms with Gasteiger partial charge in [-0.25, -0.2) is 5.01 Å². The number of benzene rings is 3. The summed E-state index contributed by atoms with van der Waals surface area (Å²) in [5.74, 6) is 1.77. The molecule has 0 aromatic heterocycles. The maximum absolute atomic E-state index is 6.39. The lowest BCUT2D eigenvalue weighted by Crippen LogP contribution is -2.33. The summed E-state index contributed by atoms with van der Waals surface area (Å²) in [7, 11) is 0. The Balaban J connectivity index is 1.53. The molecule has 2 aliphatic heterocycles. The van der Waals surface area contributed by atoms with E-state index in [1.54, 1.807) is 0 Å². The van der Waals surface area contributed by atoms with Gasteiger partial charge in [0.15, 0.2) is 0 Å². The van der Waals surface area contributed by atoms with Crippen molar-refractivity contribution in [3.8, 4) is 11.5 Å². The molecule has 5 rings (SSSR count). The first-order valence-corrected chi connectivity index (χ1v) is 10.2. The first-order chi connectivity index (χ1) is 14.2. The molecule has 0 spiro atoms. The highest BCUT2D eigenvalue weighted by molar-refractivity contribution is 6.30. The van der Waals surface area contributed by atoms with Crippen LogP contribution in [0.4, 0.5) is 0 Å².